The Kier molecular flexibility index (Phi) is 1.05. The van der Waals surface area contributed by atoms with Gasteiger partial charge in [0.2, 0.25) is 0 Å². The van der Waals surface area contributed by atoms with E-state index < -0.39 is 0 Å². The molecule has 0 saturated carbocycles. The Bertz CT molecular complexity index is 86.2. The van der Waals surface area contributed by atoms with E-state index in [9.17, 15) is 0 Å². The van der Waals surface area contributed by atoms with E-state index >= 15 is 0 Å². The molecule has 0 amide bonds. The Balaban J connectivity index is 2.40. The van der Waals surface area contributed by atoms with Crippen molar-refractivity contribution in [2.75, 3.05) is 6.61 Å². The first-order chi connectivity index (χ1) is 3.29. The van der Waals surface area contributed by atoms with Crippen LogP contribution in [0, 0.1) is 5.92 Å². The molecule has 1 heteroatoms. The topological polar surface area (TPSA) is 9.23 Å². The van der Waals surface area contributed by atoms with E-state index in [2.05, 4.69) is 13.5 Å². The van der Waals surface area contributed by atoms with Crippen LogP contribution in [0.25, 0.3) is 0 Å². The van der Waals surface area contributed by atoms with Crippen molar-refractivity contribution < 1.29 is 4.74 Å². The van der Waals surface area contributed by atoms with E-state index in [1.165, 1.54) is 0 Å². The van der Waals surface area contributed by atoms with Gasteiger partial charge in [-0.25, -0.2) is 0 Å². The molecule has 1 aliphatic heterocycles. The van der Waals surface area contributed by atoms with Crippen LogP contribution in [0.2, 0.25) is 0 Å². The average molecular weight is 98.1 g/mol. The number of hydrogen-bond donors (Lipinski definition) is 0. The van der Waals surface area contributed by atoms with Gasteiger partial charge in [-0.05, 0) is 5.92 Å². The molecular formula is C6H10O. The Morgan fingerprint density at radius 1 is 1.86 bits per heavy atom. The van der Waals surface area contributed by atoms with Crippen molar-refractivity contribution in [2.24, 2.45) is 5.92 Å². The van der Waals surface area contributed by atoms with Crippen LogP contribution >= 0.6 is 0 Å². The van der Waals surface area contributed by atoms with Crippen LogP contribution < -0.4 is 0 Å². The third kappa shape index (κ3) is 0.952. The van der Waals surface area contributed by atoms with Crippen molar-refractivity contribution in [3.8, 4) is 0 Å². The van der Waals surface area contributed by atoms with Gasteiger partial charge >= 0.3 is 0 Å². The molecule has 1 unspecified atom stereocenters. The molecule has 1 rings (SSSR count). The van der Waals surface area contributed by atoms with Crippen LogP contribution in [0.1, 0.15) is 13.3 Å². The number of ether oxygens (including phenoxy) is 1. The van der Waals surface area contributed by atoms with Gasteiger partial charge in [0.1, 0.15) is 0 Å². The largest absolute Gasteiger partial charge is 0.498 e. The minimum atomic E-state index is 0.701. The van der Waals surface area contributed by atoms with E-state index in [-0.39, 0.29) is 0 Å². The Hall–Kier alpha value is -0.460. The van der Waals surface area contributed by atoms with Crippen LogP contribution in [0.4, 0.5) is 0 Å². The van der Waals surface area contributed by atoms with E-state index in [0.29, 0.717) is 5.92 Å². The van der Waals surface area contributed by atoms with Crippen LogP contribution in [-0.2, 0) is 4.74 Å². The fraction of sp³-hybridized carbons (Fsp3) is 0.667. The second kappa shape index (κ2) is 1.57. The van der Waals surface area contributed by atoms with Crippen molar-refractivity contribution in [3.63, 3.8) is 0 Å². The summed E-state index contributed by atoms with van der Waals surface area (Å²) in [5.74, 6) is 1.65. The first kappa shape index (κ1) is 4.69. The second-order valence-corrected chi connectivity index (χ2v) is 2.16. The van der Waals surface area contributed by atoms with Crippen LogP contribution in [0.3, 0.4) is 0 Å². The highest BCUT2D eigenvalue weighted by molar-refractivity contribution is 4.89. The fourth-order valence-electron chi connectivity index (χ4n) is 0.767. The molecule has 0 aromatic carbocycles. The number of rotatable bonds is 0. The van der Waals surface area contributed by atoms with Crippen LogP contribution in [-0.4, -0.2) is 6.61 Å². The molecule has 7 heavy (non-hydrogen) atoms. The lowest BCUT2D eigenvalue weighted by Gasteiger charge is -1.89. The maximum absolute atomic E-state index is 5.07. The second-order valence-electron chi connectivity index (χ2n) is 2.16. The Morgan fingerprint density at radius 3 is 2.71 bits per heavy atom. The smallest absolute Gasteiger partial charge is 0.0906 e. The van der Waals surface area contributed by atoms with E-state index in [1.807, 2.05) is 0 Å². The summed E-state index contributed by atoms with van der Waals surface area (Å²) in [5, 5.41) is 0. The summed E-state index contributed by atoms with van der Waals surface area (Å²) in [4.78, 5) is 0. The zero-order valence-corrected chi connectivity index (χ0v) is 4.61. The lowest BCUT2D eigenvalue weighted by molar-refractivity contribution is 0.247. The van der Waals surface area contributed by atoms with Crippen molar-refractivity contribution in [3.05, 3.63) is 12.3 Å². The molecule has 1 fully saturated rings. The highest BCUT2D eigenvalue weighted by atomic mass is 16.5. The molecule has 0 aliphatic carbocycles. The van der Waals surface area contributed by atoms with Gasteiger partial charge in [-0.15, -0.1) is 0 Å². The maximum atomic E-state index is 5.07. The monoisotopic (exact) mass is 98.1 g/mol. The Morgan fingerprint density at radius 2 is 2.57 bits per heavy atom. The normalized spacial score (nSPS) is 30.4. The first-order valence-corrected chi connectivity index (χ1v) is 2.59. The summed E-state index contributed by atoms with van der Waals surface area (Å²) in [7, 11) is 0. The molecule has 0 aromatic heterocycles. The van der Waals surface area contributed by atoms with E-state index in [1.54, 1.807) is 0 Å². The predicted molar refractivity (Wildman–Crippen MR) is 28.9 cm³/mol. The third-order valence-corrected chi connectivity index (χ3v) is 1.15. The summed E-state index contributed by atoms with van der Waals surface area (Å²) in [6.07, 6.45) is 1.06. The van der Waals surface area contributed by atoms with Gasteiger partial charge in [0, 0.05) is 6.42 Å². The quantitative estimate of drug-likeness (QED) is 0.446. The van der Waals surface area contributed by atoms with E-state index in [0.717, 1.165) is 18.8 Å². The van der Waals surface area contributed by atoms with Crippen molar-refractivity contribution in [1.29, 1.82) is 0 Å². The molecule has 1 saturated heterocycles. The van der Waals surface area contributed by atoms with Gasteiger partial charge in [-0.2, -0.15) is 0 Å². The van der Waals surface area contributed by atoms with Gasteiger partial charge in [-0.3, -0.25) is 0 Å². The molecular weight excluding hydrogens is 88.1 g/mol. The SMILES string of the molecule is C=C1CC(C)CO1. The zero-order valence-electron chi connectivity index (χ0n) is 4.61. The molecule has 0 radical (unpaired) electrons. The maximum Gasteiger partial charge on any atom is 0.0906 e. The van der Waals surface area contributed by atoms with Crippen molar-refractivity contribution in [1.82, 2.24) is 0 Å². The molecule has 0 bridgehead atoms. The third-order valence-electron chi connectivity index (χ3n) is 1.15. The number of allylic oxidation sites excluding steroid dienone is 1. The van der Waals surface area contributed by atoms with Gasteiger partial charge in [0.05, 0.1) is 12.4 Å². The minimum Gasteiger partial charge on any atom is -0.498 e. The molecule has 1 aliphatic rings. The predicted octanol–water partition coefficient (Wildman–Crippen LogP) is 1.56. The molecule has 1 heterocycles. The number of hydrogen-bond acceptors (Lipinski definition) is 1. The fourth-order valence-corrected chi connectivity index (χ4v) is 0.767. The van der Waals surface area contributed by atoms with Crippen LogP contribution in [0.5, 0.6) is 0 Å². The van der Waals surface area contributed by atoms with Gasteiger partial charge < -0.3 is 4.74 Å². The molecule has 1 atom stereocenters. The summed E-state index contributed by atoms with van der Waals surface area (Å²) in [6.45, 7) is 6.72. The summed E-state index contributed by atoms with van der Waals surface area (Å²) < 4.78 is 5.07. The molecule has 0 N–H and O–H groups in total. The highest BCUT2D eigenvalue weighted by Gasteiger charge is 2.12. The van der Waals surface area contributed by atoms with Crippen LogP contribution in [0.15, 0.2) is 12.3 Å². The van der Waals surface area contributed by atoms with Crippen molar-refractivity contribution >= 4 is 0 Å². The lowest BCUT2D eigenvalue weighted by atomic mass is 10.1. The van der Waals surface area contributed by atoms with Gasteiger partial charge in [0.15, 0.2) is 0 Å². The Labute approximate surface area is 44.0 Å². The lowest BCUT2D eigenvalue weighted by Crippen LogP contribution is -1.88. The molecule has 40 valence electrons. The summed E-state index contributed by atoms with van der Waals surface area (Å²) >= 11 is 0. The molecule has 0 spiro atoms. The minimum absolute atomic E-state index is 0.701. The summed E-state index contributed by atoms with van der Waals surface area (Å²) in [5.41, 5.74) is 0. The standard InChI is InChI=1S/C6H10O/c1-5-3-6(2)7-4-5/h5H,2-4H2,1H3. The molecule has 0 aromatic rings. The molecule has 1 nitrogen and oxygen atoms in total. The van der Waals surface area contributed by atoms with Gasteiger partial charge in [0.25, 0.3) is 0 Å². The van der Waals surface area contributed by atoms with Crippen molar-refractivity contribution in [2.45, 2.75) is 13.3 Å². The van der Waals surface area contributed by atoms with Gasteiger partial charge in [-0.1, -0.05) is 13.5 Å². The first-order valence-electron chi connectivity index (χ1n) is 2.59. The zero-order chi connectivity index (χ0) is 5.28. The summed E-state index contributed by atoms with van der Waals surface area (Å²) in [6, 6.07) is 0. The van der Waals surface area contributed by atoms with E-state index in [4.69, 9.17) is 4.74 Å². The highest BCUT2D eigenvalue weighted by Crippen LogP contribution is 2.19. The average Bonchev–Trinajstić information content (AvgIpc) is 1.87.